The summed E-state index contributed by atoms with van der Waals surface area (Å²) in [5.74, 6) is -1.72. The molecule has 0 N–H and O–H groups in total. The Morgan fingerprint density at radius 2 is 1.55 bits per heavy atom. The van der Waals surface area contributed by atoms with Crippen molar-refractivity contribution in [1.29, 1.82) is 0 Å². The van der Waals surface area contributed by atoms with E-state index in [0.29, 0.717) is 11.8 Å². The van der Waals surface area contributed by atoms with Gasteiger partial charge in [-0.1, -0.05) is 31.9 Å². The van der Waals surface area contributed by atoms with Gasteiger partial charge >= 0.3 is 6.61 Å². The van der Waals surface area contributed by atoms with Crippen LogP contribution in [0.2, 0.25) is 0 Å². The molecule has 2 aromatic carbocycles. The van der Waals surface area contributed by atoms with Crippen LogP contribution in [-0.2, 0) is 0 Å². The molecule has 0 bridgehead atoms. The molecule has 1 nitrogen and oxygen atoms in total. The summed E-state index contributed by atoms with van der Waals surface area (Å²) in [4.78, 5) is 0. The van der Waals surface area contributed by atoms with Crippen LogP contribution in [0.5, 0.6) is 5.75 Å². The summed E-state index contributed by atoms with van der Waals surface area (Å²) in [5.41, 5.74) is 0.889. The molecule has 6 heteroatoms. The molecular formula is C25H27F5O. The molecule has 2 aliphatic rings. The van der Waals surface area contributed by atoms with Gasteiger partial charge in [0.2, 0.25) is 0 Å². The van der Waals surface area contributed by atoms with E-state index in [1.807, 2.05) is 6.07 Å². The average Bonchev–Trinajstić information content (AvgIpc) is 2.75. The second-order valence-corrected chi connectivity index (χ2v) is 9.00. The van der Waals surface area contributed by atoms with E-state index in [4.69, 9.17) is 0 Å². The average molecular weight is 438 g/mol. The van der Waals surface area contributed by atoms with Gasteiger partial charge < -0.3 is 4.74 Å². The van der Waals surface area contributed by atoms with Gasteiger partial charge in [-0.25, -0.2) is 13.2 Å². The minimum absolute atomic E-state index is 0.0299. The van der Waals surface area contributed by atoms with Crippen molar-refractivity contribution in [2.75, 3.05) is 0 Å². The molecule has 2 saturated carbocycles. The molecule has 0 saturated heterocycles. The van der Waals surface area contributed by atoms with Crippen molar-refractivity contribution in [2.24, 2.45) is 17.8 Å². The lowest BCUT2D eigenvalue weighted by Crippen LogP contribution is -2.30. The Morgan fingerprint density at radius 3 is 2.19 bits per heavy atom. The highest BCUT2D eigenvalue weighted by molar-refractivity contribution is 5.66. The van der Waals surface area contributed by atoms with Crippen LogP contribution in [0.15, 0.2) is 30.3 Å². The third-order valence-electron chi connectivity index (χ3n) is 7.28. The first kappa shape index (κ1) is 22.1. The van der Waals surface area contributed by atoms with Gasteiger partial charge in [0, 0.05) is 5.56 Å². The molecular weight excluding hydrogens is 411 g/mol. The number of fused-ring (bicyclic) bond motifs is 1. The molecule has 4 atom stereocenters. The maximum Gasteiger partial charge on any atom is 0.387 e. The zero-order valence-corrected chi connectivity index (χ0v) is 17.5. The van der Waals surface area contributed by atoms with E-state index in [1.54, 1.807) is 0 Å². The fraction of sp³-hybridized carbons (Fsp3) is 0.520. The first-order valence-electron chi connectivity index (χ1n) is 11.1. The second kappa shape index (κ2) is 9.17. The van der Waals surface area contributed by atoms with Crippen LogP contribution in [-0.4, -0.2) is 6.61 Å². The lowest BCUT2D eigenvalue weighted by atomic mass is 9.63. The van der Waals surface area contributed by atoms with Crippen LogP contribution in [0.4, 0.5) is 22.0 Å². The van der Waals surface area contributed by atoms with E-state index >= 15 is 0 Å². The Hall–Kier alpha value is -2.11. The largest absolute Gasteiger partial charge is 0.429 e. The van der Waals surface area contributed by atoms with Crippen LogP contribution >= 0.6 is 0 Å². The summed E-state index contributed by atoms with van der Waals surface area (Å²) >= 11 is 0. The van der Waals surface area contributed by atoms with E-state index in [-0.39, 0.29) is 11.1 Å². The lowest BCUT2D eigenvalue weighted by molar-refractivity contribution is -0.0546. The number of benzene rings is 2. The number of hydrogen-bond acceptors (Lipinski definition) is 1. The molecule has 0 radical (unpaired) electrons. The van der Waals surface area contributed by atoms with Crippen LogP contribution in [0, 0.1) is 35.2 Å². The Balaban J connectivity index is 1.52. The van der Waals surface area contributed by atoms with Gasteiger partial charge in [-0.15, -0.1) is 0 Å². The first-order valence-corrected chi connectivity index (χ1v) is 11.1. The Bertz CT molecular complexity index is 905. The quantitative estimate of drug-likeness (QED) is 0.429. The molecule has 31 heavy (non-hydrogen) atoms. The van der Waals surface area contributed by atoms with Crippen molar-refractivity contribution >= 4 is 0 Å². The van der Waals surface area contributed by atoms with Crippen molar-refractivity contribution in [3.8, 4) is 16.9 Å². The summed E-state index contributed by atoms with van der Waals surface area (Å²) < 4.78 is 71.5. The predicted octanol–water partition coefficient (Wildman–Crippen LogP) is 8.08. The normalized spacial score (nSPS) is 26.0. The van der Waals surface area contributed by atoms with Crippen molar-refractivity contribution in [3.05, 3.63) is 53.3 Å². The number of hydrogen-bond donors (Lipinski definition) is 0. The number of alkyl halides is 2. The van der Waals surface area contributed by atoms with E-state index < -0.39 is 29.8 Å². The number of ether oxygens (including phenoxy) is 1. The number of rotatable bonds is 5. The maximum absolute atomic E-state index is 14.9. The molecule has 0 aliphatic heterocycles. The topological polar surface area (TPSA) is 9.23 Å². The lowest BCUT2D eigenvalue weighted by Gasteiger charge is -2.42. The van der Waals surface area contributed by atoms with Crippen LogP contribution in [0.25, 0.3) is 11.1 Å². The smallest absolute Gasteiger partial charge is 0.387 e. The van der Waals surface area contributed by atoms with Crippen molar-refractivity contribution in [1.82, 2.24) is 0 Å². The van der Waals surface area contributed by atoms with Crippen molar-refractivity contribution in [2.45, 2.75) is 64.4 Å². The molecule has 0 heterocycles. The molecule has 168 valence electrons. The van der Waals surface area contributed by atoms with Gasteiger partial charge in [0.1, 0.15) is 5.82 Å². The highest BCUT2D eigenvalue weighted by Crippen LogP contribution is 2.48. The third-order valence-corrected chi connectivity index (χ3v) is 7.28. The monoisotopic (exact) mass is 438 g/mol. The zero-order chi connectivity index (χ0) is 22.1. The highest BCUT2D eigenvalue weighted by Gasteiger charge is 2.35. The van der Waals surface area contributed by atoms with Crippen molar-refractivity contribution in [3.63, 3.8) is 0 Å². The van der Waals surface area contributed by atoms with Gasteiger partial charge in [0.15, 0.2) is 17.4 Å². The second-order valence-electron chi connectivity index (χ2n) is 9.00. The molecule has 0 spiro atoms. The summed E-state index contributed by atoms with van der Waals surface area (Å²) in [6, 6.07) is 6.43. The fourth-order valence-corrected chi connectivity index (χ4v) is 5.60. The summed E-state index contributed by atoms with van der Waals surface area (Å²) in [7, 11) is 0. The summed E-state index contributed by atoms with van der Waals surface area (Å²) in [6.07, 6.45) is 8.32. The fourth-order valence-electron chi connectivity index (χ4n) is 5.60. The van der Waals surface area contributed by atoms with Crippen LogP contribution < -0.4 is 4.74 Å². The Labute approximate surface area is 179 Å². The van der Waals surface area contributed by atoms with Gasteiger partial charge in [-0.05, 0) is 85.1 Å². The van der Waals surface area contributed by atoms with Gasteiger partial charge in [-0.2, -0.15) is 8.78 Å². The molecule has 4 rings (SSSR count). The Morgan fingerprint density at radius 1 is 0.871 bits per heavy atom. The molecule has 2 aliphatic carbocycles. The standard InChI is InChI=1S/C25H27F5O/c1-2-14-3-4-16-10-17(6-5-15(16)9-14)18-7-8-20(21(26)11-18)19-12-22(27)24(23(28)13-19)31-25(29)30/h7-8,11-17,25H,2-6,9-10H2,1H3/t14?,15-,16-,17-/m1/s1. The van der Waals surface area contributed by atoms with E-state index in [9.17, 15) is 22.0 Å². The summed E-state index contributed by atoms with van der Waals surface area (Å²) in [6.45, 7) is -1.09. The molecule has 0 aromatic heterocycles. The highest BCUT2D eigenvalue weighted by atomic mass is 19.3. The zero-order valence-electron chi connectivity index (χ0n) is 17.5. The van der Waals surface area contributed by atoms with E-state index in [2.05, 4.69) is 11.7 Å². The van der Waals surface area contributed by atoms with Gasteiger partial charge in [0.05, 0.1) is 0 Å². The van der Waals surface area contributed by atoms with E-state index in [1.165, 1.54) is 37.8 Å². The SMILES string of the molecule is CCC1CC[C@@H]2C[C@H](c3ccc(-c4cc(F)c(OC(F)F)c(F)c4)c(F)c3)CC[C@@H]2C1. The molecule has 2 fully saturated rings. The van der Waals surface area contributed by atoms with Crippen LogP contribution in [0.1, 0.15) is 63.4 Å². The number of halogens is 5. The first-order chi connectivity index (χ1) is 14.9. The molecule has 1 unspecified atom stereocenters. The van der Waals surface area contributed by atoms with Crippen molar-refractivity contribution < 1.29 is 26.7 Å². The van der Waals surface area contributed by atoms with E-state index in [0.717, 1.165) is 48.8 Å². The maximum atomic E-state index is 14.9. The molecule has 2 aromatic rings. The third kappa shape index (κ3) is 4.73. The van der Waals surface area contributed by atoms with Gasteiger partial charge in [-0.3, -0.25) is 0 Å². The minimum atomic E-state index is -3.35. The minimum Gasteiger partial charge on any atom is -0.429 e. The molecule has 0 amide bonds. The Kier molecular flexibility index (Phi) is 6.54. The summed E-state index contributed by atoms with van der Waals surface area (Å²) in [5, 5.41) is 0. The van der Waals surface area contributed by atoms with Crippen LogP contribution in [0.3, 0.4) is 0 Å². The predicted molar refractivity (Wildman–Crippen MR) is 110 cm³/mol. The van der Waals surface area contributed by atoms with Gasteiger partial charge in [0.25, 0.3) is 0 Å².